The Kier molecular flexibility index (Phi) is 7.48. The Hall–Kier alpha value is -2.58. The van der Waals surface area contributed by atoms with Crippen molar-refractivity contribution in [3.05, 3.63) is 58.7 Å². The van der Waals surface area contributed by atoms with Crippen molar-refractivity contribution in [2.75, 3.05) is 0 Å². The summed E-state index contributed by atoms with van der Waals surface area (Å²) < 4.78 is 0. The fraction of sp³-hybridized carbons (Fsp3) is 0.481. The molecular formula is C27H32N2. The summed E-state index contributed by atoms with van der Waals surface area (Å²) in [5.41, 5.74) is 5.44. The molecule has 0 saturated heterocycles. The molecule has 1 aliphatic rings. The number of hydrogen-bond donors (Lipinski definition) is 0. The summed E-state index contributed by atoms with van der Waals surface area (Å²) >= 11 is 0. The first-order valence-electron chi connectivity index (χ1n) is 11.3. The first-order valence-corrected chi connectivity index (χ1v) is 11.3. The van der Waals surface area contributed by atoms with Gasteiger partial charge in [0.1, 0.15) is 12.1 Å². The molecule has 2 heteroatoms. The third-order valence-corrected chi connectivity index (χ3v) is 6.52. The lowest BCUT2D eigenvalue weighted by atomic mass is 9.75. The zero-order chi connectivity index (χ0) is 20.6. The van der Waals surface area contributed by atoms with Crippen LogP contribution in [0.1, 0.15) is 93.4 Å². The number of hydrogen-bond acceptors (Lipinski definition) is 2. The third kappa shape index (κ3) is 4.89. The van der Waals surface area contributed by atoms with E-state index in [0.717, 1.165) is 48.3 Å². The van der Waals surface area contributed by atoms with Crippen molar-refractivity contribution in [2.45, 2.75) is 77.6 Å². The van der Waals surface area contributed by atoms with Crippen LogP contribution in [0.5, 0.6) is 0 Å². The highest BCUT2D eigenvalue weighted by atomic mass is 14.3. The number of nitriles is 2. The van der Waals surface area contributed by atoms with Crippen LogP contribution in [0.25, 0.3) is 11.1 Å². The Balaban J connectivity index is 1.86. The molecule has 29 heavy (non-hydrogen) atoms. The minimum absolute atomic E-state index is 0.413. The van der Waals surface area contributed by atoms with Gasteiger partial charge >= 0.3 is 0 Å². The molecule has 3 rings (SSSR count). The van der Waals surface area contributed by atoms with Crippen molar-refractivity contribution in [3.63, 3.8) is 0 Å². The van der Waals surface area contributed by atoms with Gasteiger partial charge in [-0.05, 0) is 60.6 Å². The van der Waals surface area contributed by atoms with E-state index >= 15 is 0 Å². The molecule has 0 N–H and O–H groups in total. The van der Waals surface area contributed by atoms with Crippen molar-refractivity contribution >= 4 is 0 Å². The van der Waals surface area contributed by atoms with Crippen molar-refractivity contribution in [3.8, 4) is 23.3 Å². The molecule has 1 fully saturated rings. The maximum absolute atomic E-state index is 9.91. The predicted molar refractivity (Wildman–Crippen MR) is 120 cm³/mol. The predicted octanol–water partition coefficient (Wildman–Crippen LogP) is 7.51. The van der Waals surface area contributed by atoms with Crippen LogP contribution in [0.3, 0.4) is 0 Å². The molecule has 1 saturated carbocycles. The molecule has 2 aromatic carbocycles. The molecule has 0 spiro atoms. The van der Waals surface area contributed by atoms with Crippen LogP contribution < -0.4 is 0 Å². The van der Waals surface area contributed by atoms with Gasteiger partial charge in [0.15, 0.2) is 0 Å². The van der Waals surface area contributed by atoms with Gasteiger partial charge in [0.2, 0.25) is 0 Å². The van der Waals surface area contributed by atoms with Crippen LogP contribution in [0, 0.1) is 28.6 Å². The SMILES string of the molecule is CCCC[C@H]1CC[C@H](c2ccc(-c3ccc(CCC)cc3)c(C#N)c2C#N)CC1. The Morgan fingerprint density at radius 1 is 0.828 bits per heavy atom. The minimum Gasteiger partial charge on any atom is -0.192 e. The maximum atomic E-state index is 9.91. The molecule has 0 radical (unpaired) electrons. The van der Waals surface area contributed by atoms with Gasteiger partial charge in [0.05, 0.1) is 11.1 Å². The van der Waals surface area contributed by atoms with Gasteiger partial charge < -0.3 is 0 Å². The van der Waals surface area contributed by atoms with E-state index in [4.69, 9.17) is 0 Å². The summed E-state index contributed by atoms with van der Waals surface area (Å²) in [5, 5.41) is 19.8. The quantitative estimate of drug-likeness (QED) is 0.496. The average Bonchev–Trinajstić information content (AvgIpc) is 2.77. The van der Waals surface area contributed by atoms with Crippen LogP contribution in [0.4, 0.5) is 0 Å². The average molecular weight is 385 g/mol. The largest absolute Gasteiger partial charge is 0.192 e. The number of benzene rings is 2. The van der Waals surface area contributed by atoms with E-state index in [1.807, 2.05) is 0 Å². The lowest BCUT2D eigenvalue weighted by Gasteiger charge is -2.29. The number of unbranched alkanes of at least 4 members (excludes halogenated alkanes) is 1. The van der Waals surface area contributed by atoms with Crippen LogP contribution in [-0.2, 0) is 6.42 Å². The highest BCUT2D eigenvalue weighted by Crippen LogP contribution is 2.40. The zero-order valence-electron chi connectivity index (χ0n) is 17.9. The lowest BCUT2D eigenvalue weighted by Crippen LogP contribution is -2.15. The standard InChI is InChI=1S/C27H32N2/c1-3-5-7-21-10-14-23(15-11-21)25-17-16-24(26(18-28)27(25)19-29)22-12-8-20(6-4-2)9-13-22/h8-9,12-13,16-17,21,23H,3-7,10-11,14-15H2,1-2H3/t21-,23-. The number of rotatable bonds is 7. The molecule has 0 bridgehead atoms. The van der Waals surface area contributed by atoms with Crippen LogP contribution >= 0.6 is 0 Å². The highest BCUT2D eigenvalue weighted by molar-refractivity contribution is 5.75. The van der Waals surface area contributed by atoms with E-state index in [1.165, 1.54) is 37.7 Å². The highest BCUT2D eigenvalue weighted by Gasteiger charge is 2.26. The van der Waals surface area contributed by atoms with Gasteiger partial charge in [0.25, 0.3) is 0 Å². The van der Waals surface area contributed by atoms with E-state index in [0.29, 0.717) is 17.0 Å². The van der Waals surface area contributed by atoms with E-state index in [1.54, 1.807) is 0 Å². The zero-order valence-corrected chi connectivity index (χ0v) is 17.9. The number of nitrogens with zero attached hydrogens (tertiary/aromatic N) is 2. The molecule has 0 unspecified atom stereocenters. The van der Waals surface area contributed by atoms with Gasteiger partial charge in [-0.2, -0.15) is 10.5 Å². The molecule has 2 aromatic rings. The Bertz CT molecular complexity index is 888. The fourth-order valence-corrected chi connectivity index (χ4v) is 4.83. The molecule has 150 valence electrons. The van der Waals surface area contributed by atoms with Crippen molar-refractivity contribution in [1.29, 1.82) is 10.5 Å². The van der Waals surface area contributed by atoms with E-state index in [9.17, 15) is 10.5 Å². The molecule has 2 nitrogen and oxygen atoms in total. The van der Waals surface area contributed by atoms with E-state index < -0.39 is 0 Å². The second-order valence-corrected chi connectivity index (χ2v) is 8.48. The summed E-state index contributed by atoms with van der Waals surface area (Å²) in [6, 6.07) is 17.3. The summed E-state index contributed by atoms with van der Waals surface area (Å²) in [6.45, 7) is 4.43. The van der Waals surface area contributed by atoms with Crippen molar-refractivity contribution in [1.82, 2.24) is 0 Å². The molecule has 0 aromatic heterocycles. The second-order valence-electron chi connectivity index (χ2n) is 8.48. The lowest BCUT2D eigenvalue weighted by molar-refractivity contribution is 0.304. The minimum atomic E-state index is 0.413. The summed E-state index contributed by atoms with van der Waals surface area (Å²) in [5.74, 6) is 1.25. The molecule has 0 aliphatic heterocycles. The summed E-state index contributed by atoms with van der Waals surface area (Å²) in [4.78, 5) is 0. The monoisotopic (exact) mass is 384 g/mol. The van der Waals surface area contributed by atoms with E-state index in [-0.39, 0.29) is 0 Å². The first kappa shape index (κ1) is 21.1. The molecule has 0 atom stereocenters. The topological polar surface area (TPSA) is 47.6 Å². The second kappa shape index (κ2) is 10.3. The molecule has 0 amide bonds. The van der Waals surface area contributed by atoms with E-state index in [2.05, 4.69) is 62.4 Å². The summed E-state index contributed by atoms with van der Waals surface area (Å²) in [7, 11) is 0. The molecule has 0 heterocycles. The third-order valence-electron chi connectivity index (χ3n) is 6.52. The molecule has 1 aliphatic carbocycles. The van der Waals surface area contributed by atoms with Crippen LogP contribution in [-0.4, -0.2) is 0 Å². The van der Waals surface area contributed by atoms with Crippen molar-refractivity contribution < 1.29 is 0 Å². The van der Waals surface area contributed by atoms with Crippen LogP contribution in [0.15, 0.2) is 36.4 Å². The Morgan fingerprint density at radius 2 is 1.52 bits per heavy atom. The van der Waals surface area contributed by atoms with Gasteiger partial charge in [0, 0.05) is 5.56 Å². The van der Waals surface area contributed by atoms with Crippen LogP contribution in [0.2, 0.25) is 0 Å². The Labute approximate surface area is 176 Å². The summed E-state index contributed by atoms with van der Waals surface area (Å²) in [6.07, 6.45) is 10.9. The fourth-order valence-electron chi connectivity index (χ4n) is 4.83. The van der Waals surface area contributed by atoms with Gasteiger partial charge in [-0.3, -0.25) is 0 Å². The normalized spacial score (nSPS) is 18.8. The van der Waals surface area contributed by atoms with Crippen molar-refractivity contribution in [2.24, 2.45) is 5.92 Å². The van der Waals surface area contributed by atoms with Gasteiger partial charge in [-0.25, -0.2) is 0 Å². The molecular weight excluding hydrogens is 352 g/mol. The Morgan fingerprint density at radius 3 is 2.10 bits per heavy atom. The number of aryl methyl sites for hydroxylation is 1. The van der Waals surface area contributed by atoms with Gasteiger partial charge in [-0.15, -0.1) is 0 Å². The van der Waals surface area contributed by atoms with Gasteiger partial charge in [-0.1, -0.05) is 75.9 Å². The smallest absolute Gasteiger partial charge is 0.101 e. The first-order chi connectivity index (χ1) is 14.2. The maximum Gasteiger partial charge on any atom is 0.101 e.